The minimum Gasteiger partial charge on any atom is -0.310 e. The van der Waals surface area contributed by atoms with Crippen LogP contribution >= 0.6 is 0 Å². The Kier molecular flexibility index (Phi) is 5.22. The summed E-state index contributed by atoms with van der Waals surface area (Å²) in [5.74, 6) is 0. The predicted molar refractivity (Wildman–Crippen MR) is 87.1 cm³/mol. The lowest BCUT2D eigenvalue weighted by Gasteiger charge is -2.36. The number of rotatable bonds is 6. The predicted octanol–water partition coefficient (Wildman–Crippen LogP) is 3.47. The fourth-order valence-electron chi connectivity index (χ4n) is 3.17. The van der Waals surface area contributed by atoms with Gasteiger partial charge in [0.15, 0.2) is 0 Å². The van der Waals surface area contributed by atoms with Crippen molar-refractivity contribution in [2.24, 2.45) is 0 Å². The Morgan fingerprint density at radius 3 is 2.60 bits per heavy atom. The zero-order valence-corrected chi connectivity index (χ0v) is 13.5. The summed E-state index contributed by atoms with van der Waals surface area (Å²) in [6.07, 6.45) is 3.69. The van der Waals surface area contributed by atoms with Crippen molar-refractivity contribution >= 4 is 0 Å². The zero-order chi connectivity index (χ0) is 14.6. The van der Waals surface area contributed by atoms with E-state index in [0.717, 1.165) is 0 Å². The van der Waals surface area contributed by atoms with Crippen molar-refractivity contribution in [2.45, 2.75) is 64.6 Å². The molecule has 0 aliphatic carbocycles. The molecule has 1 aromatic carbocycles. The highest BCUT2D eigenvalue weighted by atomic mass is 15.2. The Hall–Kier alpha value is -0.860. The van der Waals surface area contributed by atoms with Gasteiger partial charge in [-0.05, 0) is 38.7 Å². The van der Waals surface area contributed by atoms with E-state index in [2.05, 4.69) is 68.2 Å². The molecule has 0 bridgehead atoms. The second-order valence-corrected chi connectivity index (χ2v) is 7.05. The minimum absolute atomic E-state index is 0.295. The van der Waals surface area contributed by atoms with E-state index in [0.29, 0.717) is 17.6 Å². The maximum absolute atomic E-state index is 3.68. The third-order valence-electron chi connectivity index (χ3n) is 4.48. The second-order valence-electron chi connectivity index (χ2n) is 7.05. The van der Waals surface area contributed by atoms with Crippen LogP contribution in [0.15, 0.2) is 30.3 Å². The molecule has 1 N–H and O–H groups in total. The molecule has 20 heavy (non-hydrogen) atoms. The first-order valence-corrected chi connectivity index (χ1v) is 8.02. The molecular formula is C18H30N2. The monoisotopic (exact) mass is 274 g/mol. The number of nitrogens with one attached hydrogen (secondary N) is 1. The van der Waals surface area contributed by atoms with Gasteiger partial charge in [0, 0.05) is 30.7 Å². The van der Waals surface area contributed by atoms with Crippen LogP contribution in [0.1, 0.15) is 46.1 Å². The van der Waals surface area contributed by atoms with Gasteiger partial charge < -0.3 is 5.32 Å². The molecule has 112 valence electrons. The average molecular weight is 274 g/mol. The summed E-state index contributed by atoms with van der Waals surface area (Å²) >= 11 is 0. The molecule has 0 aromatic heterocycles. The maximum atomic E-state index is 3.68. The third kappa shape index (κ3) is 4.32. The number of likely N-dealkylation sites (tertiary alicyclic amines) is 1. The highest BCUT2D eigenvalue weighted by molar-refractivity contribution is 5.15. The van der Waals surface area contributed by atoms with Gasteiger partial charge in [-0.3, -0.25) is 4.90 Å². The standard InChI is InChI=1S/C18H30N2/c1-15(2)19-17-11-13-20(14-17)18(3,4)12-10-16-8-6-5-7-9-16/h5-9,15,17,19H,10-14H2,1-4H3. The zero-order valence-electron chi connectivity index (χ0n) is 13.5. The van der Waals surface area contributed by atoms with Gasteiger partial charge in [0.1, 0.15) is 0 Å². The Labute approximate surface area is 124 Å². The molecule has 2 heteroatoms. The Bertz CT molecular complexity index is 397. The third-order valence-corrected chi connectivity index (χ3v) is 4.48. The molecule has 1 atom stereocenters. The van der Waals surface area contributed by atoms with E-state index in [-0.39, 0.29) is 0 Å². The average Bonchev–Trinajstić information content (AvgIpc) is 2.86. The first kappa shape index (κ1) is 15.5. The highest BCUT2D eigenvalue weighted by Gasteiger charge is 2.33. The normalized spacial score (nSPS) is 20.8. The quantitative estimate of drug-likeness (QED) is 0.854. The van der Waals surface area contributed by atoms with Crippen molar-refractivity contribution in [1.29, 1.82) is 0 Å². The van der Waals surface area contributed by atoms with Crippen LogP contribution in [-0.2, 0) is 6.42 Å². The lowest BCUT2D eigenvalue weighted by atomic mass is 9.93. The Morgan fingerprint density at radius 1 is 1.25 bits per heavy atom. The molecule has 2 nitrogen and oxygen atoms in total. The van der Waals surface area contributed by atoms with Crippen molar-refractivity contribution in [3.63, 3.8) is 0 Å². The number of hydrogen-bond acceptors (Lipinski definition) is 2. The molecule has 1 aliphatic rings. The fraction of sp³-hybridized carbons (Fsp3) is 0.667. The molecule has 2 rings (SSSR count). The minimum atomic E-state index is 0.295. The van der Waals surface area contributed by atoms with Crippen molar-refractivity contribution in [2.75, 3.05) is 13.1 Å². The molecule has 0 radical (unpaired) electrons. The molecule has 1 fully saturated rings. The van der Waals surface area contributed by atoms with Gasteiger partial charge >= 0.3 is 0 Å². The summed E-state index contributed by atoms with van der Waals surface area (Å²) < 4.78 is 0. The molecule has 1 aromatic rings. The van der Waals surface area contributed by atoms with Crippen LogP contribution in [0, 0.1) is 0 Å². The number of hydrogen-bond donors (Lipinski definition) is 1. The summed E-state index contributed by atoms with van der Waals surface area (Å²) in [6.45, 7) is 11.7. The number of benzene rings is 1. The highest BCUT2D eigenvalue weighted by Crippen LogP contribution is 2.26. The molecule has 1 saturated heterocycles. The molecular weight excluding hydrogens is 244 g/mol. The molecule has 1 aliphatic heterocycles. The first-order valence-electron chi connectivity index (χ1n) is 8.02. The van der Waals surface area contributed by atoms with Gasteiger partial charge in [-0.2, -0.15) is 0 Å². The first-order chi connectivity index (χ1) is 9.47. The summed E-state index contributed by atoms with van der Waals surface area (Å²) in [5, 5.41) is 3.68. The van der Waals surface area contributed by atoms with Gasteiger partial charge in [-0.25, -0.2) is 0 Å². The summed E-state index contributed by atoms with van der Waals surface area (Å²) in [7, 11) is 0. The van der Waals surface area contributed by atoms with Gasteiger partial charge in [-0.1, -0.05) is 44.2 Å². The van der Waals surface area contributed by atoms with Crippen LogP contribution < -0.4 is 5.32 Å². The number of aryl methyl sites for hydroxylation is 1. The summed E-state index contributed by atoms with van der Waals surface area (Å²) in [5.41, 5.74) is 1.75. The van der Waals surface area contributed by atoms with Crippen LogP contribution in [0.5, 0.6) is 0 Å². The Balaban J connectivity index is 1.84. The van der Waals surface area contributed by atoms with E-state index in [1.807, 2.05) is 0 Å². The van der Waals surface area contributed by atoms with E-state index in [1.54, 1.807) is 0 Å². The smallest absolute Gasteiger partial charge is 0.0209 e. The fourth-order valence-corrected chi connectivity index (χ4v) is 3.17. The van der Waals surface area contributed by atoms with Crippen molar-refractivity contribution < 1.29 is 0 Å². The van der Waals surface area contributed by atoms with E-state index in [1.165, 1.54) is 37.9 Å². The van der Waals surface area contributed by atoms with E-state index >= 15 is 0 Å². The van der Waals surface area contributed by atoms with Gasteiger partial charge in [0.2, 0.25) is 0 Å². The van der Waals surface area contributed by atoms with Crippen LogP contribution in [0.4, 0.5) is 0 Å². The molecule has 0 amide bonds. The SMILES string of the molecule is CC(C)NC1CCN(C(C)(C)CCc2ccccc2)C1. The molecule has 0 spiro atoms. The number of nitrogens with zero attached hydrogens (tertiary/aromatic N) is 1. The molecule has 1 heterocycles. The lowest BCUT2D eigenvalue weighted by Crippen LogP contribution is -2.45. The topological polar surface area (TPSA) is 15.3 Å². The maximum Gasteiger partial charge on any atom is 0.0209 e. The summed E-state index contributed by atoms with van der Waals surface area (Å²) in [4.78, 5) is 2.66. The largest absolute Gasteiger partial charge is 0.310 e. The van der Waals surface area contributed by atoms with Crippen molar-refractivity contribution in [3.05, 3.63) is 35.9 Å². The van der Waals surface area contributed by atoms with Crippen LogP contribution in [-0.4, -0.2) is 35.6 Å². The van der Waals surface area contributed by atoms with Crippen LogP contribution in [0.3, 0.4) is 0 Å². The van der Waals surface area contributed by atoms with Gasteiger partial charge in [0.05, 0.1) is 0 Å². The van der Waals surface area contributed by atoms with Crippen LogP contribution in [0.25, 0.3) is 0 Å². The van der Waals surface area contributed by atoms with E-state index in [4.69, 9.17) is 0 Å². The van der Waals surface area contributed by atoms with Gasteiger partial charge in [-0.15, -0.1) is 0 Å². The Morgan fingerprint density at radius 2 is 1.95 bits per heavy atom. The van der Waals surface area contributed by atoms with E-state index < -0.39 is 0 Å². The molecule has 0 saturated carbocycles. The second kappa shape index (κ2) is 6.73. The lowest BCUT2D eigenvalue weighted by molar-refractivity contribution is 0.140. The van der Waals surface area contributed by atoms with Crippen LogP contribution in [0.2, 0.25) is 0 Å². The van der Waals surface area contributed by atoms with E-state index in [9.17, 15) is 0 Å². The van der Waals surface area contributed by atoms with Crippen molar-refractivity contribution in [3.8, 4) is 0 Å². The van der Waals surface area contributed by atoms with Crippen molar-refractivity contribution in [1.82, 2.24) is 10.2 Å². The molecule has 1 unspecified atom stereocenters. The van der Waals surface area contributed by atoms with Gasteiger partial charge in [0.25, 0.3) is 0 Å². The summed E-state index contributed by atoms with van der Waals surface area (Å²) in [6, 6.07) is 12.1.